The Labute approximate surface area is 166 Å². The molecule has 0 aromatic heterocycles. The Kier molecular flexibility index (Phi) is 4.96. The van der Waals surface area contributed by atoms with E-state index in [4.69, 9.17) is 11.6 Å². The topological polar surface area (TPSA) is 32.3 Å². The summed E-state index contributed by atoms with van der Waals surface area (Å²) in [5.41, 5.74) is 4.39. The molecule has 3 atom stereocenters. The van der Waals surface area contributed by atoms with Crippen molar-refractivity contribution in [1.82, 2.24) is 4.90 Å². The number of hydrogen-bond acceptors (Lipinski definition) is 2. The minimum absolute atomic E-state index is 0.112. The molecule has 0 bridgehead atoms. The molecular formula is C23H25ClN2O. The van der Waals surface area contributed by atoms with Crippen LogP contribution in [0.25, 0.3) is 0 Å². The minimum atomic E-state index is 0.112. The number of anilines is 1. The number of rotatable bonds is 4. The molecule has 27 heavy (non-hydrogen) atoms. The highest BCUT2D eigenvalue weighted by Crippen LogP contribution is 2.50. The Hall–Kier alpha value is -2.26. The molecule has 1 amide bonds. The highest BCUT2D eigenvalue weighted by atomic mass is 35.5. The zero-order valence-electron chi connectivity index (χ0n) is 15.8. The van der Waals surface area contributed by atoms with Gasteiger partial charge in [-0.3, -0.25) is 4.79 Å². The highest BCUT2D eigenvalue weighted by Gasteiger charge is 2.38. The van der Waals surface area contributed by atoms with Gasteiger partial charge in [-0.25, -0.2) is 0 Å². The Morgan fingerprint density at radius 1 is 1.15 bits per heavy atom. The second-order valence-corrected chi connectivity index (χ2v) is 7.74. The van der Waals surface area contributed by atoms with Crippen LogP contribution in [0.2, 0.25) is 5.02 Å². The quantitative estimate of drug-likeness (QED) is 0.695. The number of amides is 1. The van der Waals surface area contributed by atoms with E-state index < -0.39 is 0 Å². The van der Waals surface area contributed by atoms with E-state index in [0.717, 1.165) is 35.8 Å². The summed E-state index contributed by atoms with van der Waals surface area (Å²) < 4.78 is 0. The number of fused-ring (bicyclic) bond motifs is 3. The van der Waals surface area contributed by atoms with Crippen molar-refractivity contribution < 1.29 is 4.79 Å². The van der Waals surface area contributed by atoms with E-state index >= 15 is 0 Å². The summed E-state index contributed by atoms with van der Waals surface area (Å²) >= 11 is 6.07. The molecule has 1 heterocycles. The summed E-state index contributed by atoms with van der Waals surface area (Å²) in [7, 11) is 0. The fraction of sp³-hybridized carbons (Fsp3) is 0.348. The second-order valence-electron chi connectivity index (χ2n) is 7.31. The molecule has 4 heteroatoms. The van der Waals surface area contributed by atoms with E-state index in [-0.39, 0.29) is 11.9 Å². The maximum absolute atomic E-state index is 12.8. The molecule has 1 aliphatic carbocycles. The van der Waals surface area contributed by atoms with Gasteiger partial charge in [-0.2, -0.15) is 0 Å². The molecule has 1 N–H and O–H groups in total. The number of allylic oxidation sites excluding steroid dienone is 2. The molecule has 2 aliphatic rings. The van der Waals surface area contributed by atoms with E-state index in [0.29, 0.717) is 11.8 Å². The first-order valence-corrected chi connectivity index (χ1v) is 10.1. The van der Waals surface area contributed by atoms with E-state index in [9.17, 15) is 4.79 Å². The van der Waals surface area contributed by atoms with Gasteiger partial charge in [-0.1, -0.05) is 35.9 Å². The van der Waals surface area contributed by atoms with Gasteiger partial charge in [0.2, 0.25) is 0 Å². The van der Waals surface area contributed by atoms with E-state index in [1.165, 1.54) is 11.1 Å². The van der Waals surface area contributed by atoms with Gasteiger partial charge in [0.05, 0.1) is 6.04 Å². The SMILES string of the molecule is CCN(CC)C(=O)c1ccc2c(c1)[C@H]1C=CC[C@H]1[C@@H](c1ccc(Cl)cc1)N2. The molecule has 4 rings (SSSR count). The number of carbonyl (C=O) groups excluding carboxylic acids is 1. The second kappa shape index (κ2) is 7.40. The van der Waals surface area contributed by atoms with Crippen LogP contribution in [0.5, 0.6) is 0 Å². The largest absolute Gasteiger partial charge is 0.378 e. The Balaban J connectivity index is 1.69. The number of benzene rings is 2. The van der Waals surface area contributed by atoms with Crippen molar-refractivity contribution in [2.45, 2.75) is 32.2 Å². The lowest BCUT2D eigenvalue weighted by Gasteiger charge is -2.38. The normalized spacial score (nSPS) is 22.7. The fourth-order valence-electron chi connectivity index (χ4n) is 4.42. The van der Waals surface area contributed by atoms with Crippen LogP contribution in [0.3, 0.4) is 0 Å². The molecule has 0 unspecified atom stereocenters. The molecule has 1 aliphatic heterocycles. The summed E-state index contributed by atoms with van der Waals surface area (Å²) in [4.78, 5) is 14.6. The van der Waals surface area contributed by atoms with Crippen LogP contribution in [-0.4, -0.2) is 23.9 Å². The Morgan fingerprint density at radius 3 is 2.59 bits per heavy atom. The van der Waals surface area contributed by atoms with Crippen LogP contribution in [-0.2, 0) is 0 Å². The van der Waals surface area contributed by atoms with Gasteiger partial charge in [-0.15, -0.1) is 0 Å². The first-order chi connectivity index (χ1) is 13.1. The van der Waals surface area contributed by atoms with Gasteiger partial charge in [-0.05, 0) is 67.6 Å². The molecule has 3 nitrogen and oxygen atoms in total. The average molecular weight is 381 g/mol. The van der Waals surface area contributed by atoms with Gasteiger partial charge in [0.25, 0.3) is 5.91 Å². The lowest BCUT2D eigenvalue weighted by Crippen LogP contribution is -2.32. The zero-order chi connectivity index (χ0) is 19.0. The molecule has 2 aromatic carbocycles. The van der Waals surface area contributed by atoms with Crippen molar-refractivity contribution in [3.05, 3.63) is 76.3 Å². The third-order valence-electron chi connectivity index (χ3n) is 5.89. The van der Waals surface area contributed by atoms with Crippen LogP contribution < -0.4 is 5.32 Å². The number of halogens is 1. The van der Waals surface area contributed by atoms with Crippen molar-refractivity contribution in [1.29, 1.82) is 0 Å². The van der Waals surface area contributed by atoms with Gasteiger partial charge < -0.3 is 10.2 Å². The molecule has 2 aromatic rings. The van der Waals surface area contributed by atoms with Crippen molar-refractivity contribution in [3.8, 4) is 0 Å². The zero-order valence-corrected chi connectivity index (χ0v) is 16.5. The first-order valence-electron chi connectivity index (χ1n) is 9.74. The summed E-state index contributed by atoms with van der Waals surface area (Å²) in [5, 5.41) is 4.48. The van der Waals surface area contributed by atoms with Gasteiger partial charge >= 0.3 is 0 Å². The molecule has 0 spiro atoms. The molecule has 0 fully saturated rings. The highest BCUT2D eigenvalue weighted by molar-refractivity contribution is 6.30. The predicted octanol–water partition coefficient (Wildman–Crippen LogP) is 5.65. The van der Waals surface area contributed by atoms with Crippen molar-refractivity contribution >= 4 is 23.2 Å². The van der Waals surface area contributed by atoms with E-state index in [1.807, 2.05) is 36.9 Å². The summed E-state index contributed by atoms with van der Waals surface area (Å²) in [6, 6.07) is 14.5. The maximum atomic E-state index is 12.8. The summed E-state index contributed by atoms with van der Waals surface area (Å²) in [6.07, 6.45) is 5.62. The average Bonchev–Trinajstić information content (AvgIpc) is 3.19. The maximum Gasteiger partial charge on any atom is 0.253 e. The van der Waals surface area contributed by atoms with E-state index in [1.54, 1.807) is 0 Å². The van der Waals surface area contributed by atoms with Crippen molar-refractivity contribution in [2.24, 2.45) is 5.92 Å². The Bertz CT molecular complexity index is 870. The molecule has 0 radical (unpaired) electrons. The first kappa shape index (κ1) is 18.1. The predicted molar refractivity (Wildman–Crippen MR) is 111 cm³/mol. The molecular weight excluding hydrogens is 356 g/mol. The third kappa shape index (κ3) is 3.25. The number of carbonyl (C=O) groups is 1. The summed E-state index contributed by atoms with van der Waals surface area (Å²) in [5.74, 6) is 0.907. The van der Waals surface area contributed by atoms with E-state index in [2.05, 4.69) is 41.7 Å². The smallest absolute Gasteiger partial charge is 0.253 e. The molecule has 140 valence electrons. The van der Waals surface area contributed by atoms with Crippen molar-refractivity contribution in [2.75, 3.05) is 18.4 Å². The van der Waals surface area contributed by atoms with Crippen molar-refractivity contribution in [3.63, 3.8) is 0 Å². The number of hydrogen-bond donors (Lipinski definition) is 1. The molecule has 0 saturated heterocycles. The van der Waals surface area contributed by atoms with Crippen LogP contribution >= 0.6 is 11.6 Å². The van der Waals surface area contributed by atoms with Crippen LogP contribution in [0.1, 0.15) is 53.7 Å². The van der Waals surface area contributed by atoms with Gasteiger partial charge in [0.15, 0.2) is 0 Å². The summed E-state index contributed by atoms with van der Waals surface area (Å²) in [6.45, 7) is 5.51. The van der Waals surface area contributed by atoms with Gasteiger partial charge in [0, 0.05) is 35.3 Å². The number of nitrogens with zero attached hydrogens (tertiary/aromatic N) is 1. The Morgan fingerprint density at radius 2 is 1.89 bits per heavy atom. The lowest BCUT2D eigenvalue weighted by molar-refractivity contribution is 0.0773. The fourth-order valence-corrected chi connectivity index (χ4v) is 4.55. The van der Waals surface area contributed by atoms with Gasteiger partial charge in [0.1, 0.15) is 0 Å². The lowest BCUT2D eigenvalue weighted by atomic mass is 9.76. The minimum Gasteiger partial charge on any atom is -0.378 e. The van der Waals surface area contributed by atoms with Crippen LogP contribution in [0.15, 0.2) is 54.6 Å². The standard InChI is InChI=1S/C23H25ClN2O/c1-3-26(4-2)23(27)16-10-13-21-20(14-16)18-6-5-7-19(18)22(25-21)15-8-11-17(24)12-9-15/h5-6,8-14,18-19,22,25H,3-4,7H2,1-2H3/t18-,19+,22+/m0/s1. The molecule has 0 saturated carbocycles. The van der Waals surface area contributed by atoms with Crippen LogP contribution in [0.4, 0.5) is 5.69 Å². The monoisotopic (exact) mass is 380 g/mol. The number of nitrogens with one attached hydrogen (secondary N) is 1. The third-order valence-corrected chi connectivity index (χ3v) is 6.14. The van der Waals surface area contributed by atoms with Crippen LogP contribution in [0, 0.1) is 5.92 Å².